The average Bonchev–Trinajstić information content (AvgIpc) is 2.29. The Bertz CT molecular complexity index is 332. The van der Waals surface area contributed by atoms with Crippen LogP contribution in [0.1, 0.15) is 32.3 Å². The zero-order valence-electron chi connectivity index (χ0n) is 10.1. The summed E-state index contributed by atoms with van der Waals surface area (Å²) in [5.41, 5.74) is 2.58. The largest absolute Gasteiger partial charge is 0.497 e. The van der Waals surface area contributed by atoms with Gasteiger partial charge in [0.05, 0.1) is 6.26 Å². The second kappa shape index (κ2) is 7.75. The van der Waals surface area contributed by atoms with Crippen molar-refractivity contribution in [3.05, 3.63) is 59.9 Å². The highest BCUT2D eigenvalue weighted by Gasteiger charge is 1.87. The van der Waals surface area contributed by atoms with E-state index in [-0.39, 0.29) is 0 Å². The highest BCUT2D eigenvalue weighted by Crippen LogP contribution is 2.02. The monoisotopic (exact) mass is 216 g/mol. The van der Waals surface area contributed by atoms with Crippen molar-refractivity contribution in [2.45, 2.75) is 33.3 Å². The summed E-state index contributed by atoms with van der Waals surface area (Å²) in [6.07, 6.45) is 8.24. The van der Waals surface area contributed by atoms with Gasteiger partial charge in [0.1, 0.15) is 6.61 Å². The molecule has 0 radical (unpaired) electrons. The van der Waals surface area contributed by atoms with Crippen LogP contribution >= 0.6 is 0 Å². The molecule has 0 aliphatic rings. The fourth-order valence-electron chi connectivity index (χ4n) is 1.32. The molecule has 0 unspecified atom stereocenters. The summed E-state index contributed by atoms with van der Waals surface area (Å²) in [6, 6.07) is 10.2. The molecule has 1 aromatic carbocycles. The third kappa shape index (κ3) is 6.07. The number of benzene rings is 1. The smallest absolute Gasteiger partial charge is 0.112 e. The van der Waals surface area contributed by atoms with Crippen molar-refractivity contribution in [3.63, 3.8) is 0 Å². The second-order valence-corrected chi connectivity index (χ2v) is 4.03. The van der Waals surface area contributed by atoms with Gasteiger partial charge in [-0.1, -0.05) is 42.0 Å². The molecule has 1 aromatic rings. The molecule has 0 bridgehead atoms. The molecule has 0 aliphatic carbocycles. The Balaban J connectivity index is 2.11. The van der Waals surface area contributed by atoms with Gasteiger partial charge in [-0.2, -0.15) is 0 Å². The molecule has 1 rings (SSSR count). The van der Waals surface area contributed by atoms with E-state index >= 15 is 0 Å². The zero-order chi connectivity index (χ0) is 11.6. The number of rotatable bonds is 6. The van der Waals surface area contributed by atoms with Crippen molar-refractivity contribution >= 4 is 0 Å². The number of hydrogen-bond donors (Lipinski definition) is 0. The van der Waals surface area contributed by atoms with E-state index in [9.17, 15) is 0 Å². The second-order valence-electron chi connectivity index (χ2n) is 4.03. The minimum Gasteiger partial charge on any atom is -0.497 e. The van der Waals surface area contributed by atoms with Gasteiger partial charge in [-0.25, -0.2) is 0 Å². The molecule has 0 heterocycles. The van der Waals surface area contributed by atoms with E-state index in [0.29, 0.717) is 6.61 Å². The lowest BCUT2D eigenvalue weighted by Gasteiger charge is -1.99. The zero-order valence-corrected chi connectivity index (χ0v) is 10.1. The van der Waals surface area contributed by atoms with E-state index < -0.39 is 0 Å². The normalized spacial score (nSPS) is 10.4. The maximum Gasteiger partial charge on any atom is 0.112 e. The van der Waals surface area contributed by atoms with Gasteiger partial charge in [0.15, 0.2) is 0 Å². The Labute approximate surface area is 98.5 Å². The van der Waals surface area contributed by atoms with Gasteiger partial charge in [-0.3, -0.25) is 0 Å². The molecule has 0 spiro atoms. The Morgan fingerprint density at radius 2 is 1.88 bits per heavy atom. The summed E-state index contributed by atoms with van der Waals surface area (Å²) in [7, 11) is 0. The highest BCUT2D eigenvalue weighted by molar-refractivity contribution is 5.13. The van der Waals surface area contributed by atoms with Gasteiger partial charge in [0, 0.05) is 0 Å². The van der Waals surface area contributed by atoms with Gasteiger partial charge < -0.3 is 4.74 Å². The molecule has 1 heteroatoms. The lowest BCUT2D eigenvalue weighted by atomic mass is 10.2. The third-order valence-electron chi connectivity index (χ3n) is 2.17. The third-order valence-corrected chi connectivity index (χ3v) is 2.17. The lowest BCUT2D eigenvalue weighted by molar-refractivity contribution is 0.235. The number of ether oxygens (including phenoxy) is 1. The van der Waals surface area contributed by atoms with Crippen molar-refractivity contribution in [1.29, 1.82) is 0 Å². The first-order chi connectivity index (χ1) is 7.79. The Hall–Kier alpha value is -1.50. The molecule has 0 aliphatic heterocycles. The average molecular weight is 216 g/mol. The van der Waals surface area contributed by atoms with Crippen LogP contribution < -0.4 is 0 Å². The van der Waals surface area contributed by atoms with Crippen LogP contribution in [0.2, 0.25) is 0 Å². The molecule has 0 N–H and O–H groups in total. The molecule has 0 saturated heterocycles. The molecule has 0 amide bonds. The first-order valence-electron chi connectivity index (χ1n) is 5.73. The summed E-state index contributed by atoms with van der Waals surface area (Å²) in [5, 5.41) is 0. The van der Waals surface area contributed by atoms with Crippen LogP contribution in [-0.2, 0) is 11.3 Å². The van der Waals surface area contributed by atoms with E-state index in [4.69, 9.17) is 4.74 Å². The van der Waals surface area contributed by atoms with Gasteiger partial charge in [-0.15, -0.1) is 0 Å². The minimum absolute atomic E-state index is 0.653. The summed E-state index contributed by atoms with van der Waals surface area (Å²) >= 11 is 0. The number of hydrogen-bond acceptors (Lipinski definition) is 1. The summed E-state index contributed by atoms with van der Waals surface area (Å²) in [4.78, 5) is 0. The van der Waals surface area contributed by atoms with Gasteiger partial charge in [-0.05, 0) is 38.3 Å². The first-order valence-corrected chi connectivity index (χ1v) is 5.73. The van der Waals surface area contributed by atoms with E-state index in [0.717, 1.165) is 12.8 Å². The van der Waals surface area contributed by atoms with Crippen LogP contribution in [-0.4, -0.2) is 0 Å². The fraction of sp³-hybridized carbons (Fsp3) is 0.333. The van der Waals surface area contributed by atoms with Crippen LogP contribution in [0, 0.1) is 0 Å². The van der Waals surface area contributed by atoms with Crippen LogP contribution in [0.3, 0.4) is 0 Å². The minimum atomic E-state index is 0.653. The molecule has 16 heavy (non-hydrogen) atoms. The molecule has 86 valence electrons. The highest BCUT2D eigenvalue weighted by atomic mass is 16.5. The Kier molecular flexibility index (Phi) is 6.09. The Morgan fingerprint density at radius 3 is 2.56 bits per heavy atom. The molecule has 0 fully saturated rings. The predicted octanol–water partition coefficient (Wildman–Crippen LogP) is 4.46. The molecule has 1 nitrogen and oxygen atoms in total. The summed E-state index contributed by atoms with van der Waals surface area (Å²) in [6.45, 7) is 4.89. The van der Waals surface area contributed by atoms with Crippen LogP contribution in [0.5, 0.6) is 0 Å². The molecular weight excluding hydrogens is 196 g/mol. The first kappa shape index (κ1) is 12.6. The predicted molar refractivity (Wildman–Crippen MR) is 69.0 cm³/mol. The van der Waals surface area contributed by atoms with Gasteiger partial charge in [0.25, 0.3) is 0 Å². The molecular formula is C15H20O. The van der Waals surface area contributed by atoms with Gasteiger partial charge in [0.2, 0.25) is 0 Å². The van der Waals surface area contributed by atoms with Gasteiger partial charge >= 0.3 is 0 Å². The quantitative estimate of drug-likeness (QED) is 0.387. The van der Waals surface area contributed by atoms with E-state index in [1.165, 1.54) is 11.1 Å². The number of unbranched alkanes of at least 4 members (excludes halogenated alkanes) is 1. The van der Waals surface area contributed by atoms with E-state index in [1.54, 1.807) is 6.26 Å². The van der Waals surface area contributed by atoms with Crippen LogP contribution in [0.4, 0.5) is 0 Å². The summed E-state index contributed by atoms with van der Waals surface area (Å²) < 4.78 is 5.43. The van der Waals surface area contributed by atoms with Crippen molar-refractivity contribution in [2.75, 3.05) is 0 Å². The maximum absolute atomic E-state index is 5.43. The summed E-state index contributed by atoms with van der Waals surface area (Å²) in [5.74, 6) is 0. The lowest BCUT2D eigenvalue weighted by Crippen LogP contribution is -1.84. The Morgan fingerprint density at radius 1 is 1.12 bits per heavy atom. The van der Waals surface area contributed by atoms with Crippen molar-refractivity contribution in [2.24, 2.45) is 0 Å². The van der Waals surface area contributed by atoms with Crippen molar-refractivity contribution in [1.82, 2.24) is 0 Å². The van der Waals surface area contributed by atoms with E-state index in [1.807, 2.05) is 18.2 Å². The van der Waals surface area contributed by atoms with Crippen LogP contribution in [0.25, 0.3) is 0 Å². The SMILES string of the molecule is CC(C)=CCCC=COCc1ccccc1. The topological polar surface area (TPSA) is 9.23 Å². The number of allylic oxidation sites excluding steroid dienone is 3. The van der Waals surface area contributed by atoms with Crippen molar-refractivity contribution in [3.8, 4) is 0 Å². The molecule has 0 saturated carbocycles. The standard InChI is InChI=1S/C15H20O/c1-14(2)9-5-4-8-12-16-13-15-10-6-3-7-11-15/h3,6-12H,4-5,13H2,1-2H3. The molecule has 0 atom stereocenters. The van der Waals surface area contributed by atoms with E-state index in [2.05, 4.69) is 38.1 Å². The van der Waals surface area contributed by atoms with Crippen LogP contribution in [0.15, 0.2) is 54.3 Å². The van der Waals surface area contributed by atoms with Crippen molar-refractivity contribution < 1.29 is 4.74 Å². The maximum atomic E-state index is 5.43. The molecule has 0 aromatic heterocycles. The fourth-order valence-corrected chi connectivity index (χ4v) is 1.32.